The first-order valence-electron chi connectivity index (χ1n) is 13.7. The topological polar surface area (TPSA) is 76.7 Å². The van der Waals surface area contributed by atoms with Gasteiger partial charge in [0.25, 0.3) is 0 Å². The molecule has 2 aliphatic heterocycles. The summed E-state index contributed by atoms with van der Waals surface area (Å²) in [4.78, 5) is 28.0. The van der Waals surface area contributed by atoms with Gasteiger partial charge >= 0.3 is 11.9 Å². The molecule has 2 heterocycles. The second-order valence-electron chi connectivity index (χ2n) is 14.9. The zero-order valence-electron chi connectivity index (χ0n) is 24.7. The van der Waals surface area contributed by atoms with Crippen molar-refractivity contribution in [3.05, 3.63) is 0 Å². The molecule has 0 atom stereocenters. The van der Waals surface area contributed by atoms with Crippen molar-refractivity contribution in [1.29, 1.82) is 0 Å². The second kappa shape index (κ2) is 10.3. The van der Waals surface area contributed by atoms with Crippen LogP contribution in [0.3, 0.4) is 0 Å². The molecular formula is C29H54N2O4. The fourth-order valence-electron chi connectivity index (χ4n) is 7.05. The van der Waals surface area contributed by atoms with Gasteiger partial charge in [0, 0.05) is 47.8 Å². The van der Waals surface area contributed by atoms with E-state index >= 15 is 0 Å². The molecule has 0 aromatic rings. The van der Waals surface area contributed by atoms with Gasteiger partial charge in [-0.15, -0.1) is 0 Å². The number of carbonyl (C=O) groups is 2. The summed E-state index contributed by atoms with van der Waals surface area (Å²) in [5, 5.41) is 7.28. The maximum Gasteiger partial charge on any atom is 0.323 e. The maximum absolute atomic E-state index is 14.0. The quantitative estimate of drug-likeness (QED) is 0.329. The van der Waals surface area contributed by atoms with Crippen LogP contribution in [0.2, 0.25) is 0 Å². The van der Waals surface area contributed by atoms with Crippen LogP contribution in [0.25, 0.3) is 0 Å². The fraction of sp³-hybridized carbons (Fsp3) is 0.931. The zero-order valence-corrected chi connectivity index (χ0v) is 24.7. The third-order valence-electron chi connectivity index (χ3n) is 7.15. The Labute approximate surface area is 215 Å². The van der Waals surface area contributed by atoms with Gasteiger partial charge in [-0.2, -0.15) is 0 Å². The molecule has 0 spiro atoms. The van der Waals surface area contributed by atoms with Crippen molar-refractivity contribution < 1.29 is 19.1 Å². The third kappa shape index (κ3) is 8.45. The van der Waals surface area contributed by atoms with Gasteiger partial charge in [-0.3, -0.25) is 9.59 Å². The first kappa shape index (κ1) is 30.1. The van der Waals surface area contributed by atoms with Gasteiger partial charge in [0.2, 0.25) is 0 Å². The average molecular weight is 495 g/mol. The van der Waals surface area contributed by atoms with Gasteiger partial charge in [-0.05, 0) is 80.1 Å². The average Bonchev–Trinajstić information content (AvgIpc) is 2.53. The van der Waals surface area contributed by atoms with Crippen LogP contribution in [0.1, 0.15) is 122 Å². The summed E-state index contributed by atoms with van der Waals surface area (Å²) in [7, 11) is 0. The highest BCUT2D eigenvalue weighted by molar-refractivity contribution is 6.00. The first-order valence-corrected chi connectivity index (χ1v) is 13.7. The van der Waals surface area contributed by atoms with Crippen LogP contribution in [0.4, 0.5) is 0 Å². The first-order chi connectivity index (χ1) is 15.7. The molecule has 35 heavy (non-hydrogen) atoms. The van der Waals surface area contributed by atoms with E-state index in [9.17, 15) is 9.59 Å². The summed E-state index contributed by atoms with van der Waals surface area (Å²) in [6, 6.07) is 0. The highest BCUT2D eigenvalue weighted by atomic mass is 16.6. The molecule has 0 aromatic heterocycles. The van der Waals surface area contributed by atoms with E-state index in [0.717, 1.165) is 0 Å². The predicted molar refractivity (Wildman–Crippen MR) is 142 cm³/mol. The normalized spacial score (nSPS) is 24.4. The van der Waals surface area contributed by atoms with Crippen molar-refractivity contribution in [2.45, 2.75) is 156 Å². The largest absolute Gasteiger partial charge is 0.461 e. The Morgan fingerprint density at radius 1 is 0.657 bits per heavy atom. The van der Waals surface area contributed by atoms with Crippen LogP contribution < -0.4 is 10.6 Å². The maximum atomic E-state index is 14.0. The molecular weight excluding hydrogens is 440 g/mol. The van der Waals surface area contributed by atoms with Crippen molar-refractivity contribution in [3.63, 3.8) is 0 Å². The van der Waals surface area contributed by atoms with E-state index in [4.69, 9.17) is 9.47 Å². The van der Waals surface area contributed by atoms with E-state index in [2.05, 4.69) is 93.7 Å². The van der Waals surface area contributed by atoms with Crippen LogP contribution in [0.5, 0.6) is 0 Å². The highest BCUT2D eigenvalue weighted by Gasteiger charge is 2.52. The van der Waals surface area contributed by atoms with Crippen LogP contribution in [-0.2, 0) is 19.1 Å². The molecule has 0 amide bonds. The van der Waals surface area contributed by atoms with Crippen molar-refractivity contribution in [3.8, 4) is 0 Å². The van der Waals surface area contributed by atoms with E-state index in [0.29, 0.717) is 38.5 Å². The van der Waals surface area contributed by atoms with Crippen LogP contribution in [0.15, 0.2) is 0 Å². The summed E-state index contributed by atoms with van der Waals surface area (Å²) < 4.78 is 12.5. The van der Waals surface area contributed by atoms with Crippen molar-refractivity contribution in [1.82, 2.24) is 10.6 Å². The molecule has 0 aromatic carbocycles. The van der Waals surface area contributed by atoms with Gasteiger partial charge in [0.15, 0.2) is 5.41 Å². The van der Waals surface area contributed by atoms with Gasteiger partial charge in [-0.1, -0.05) is 27.7 Å². The molecule has 0 saturated carbocycles. The van der Waals surface area contributed by atoms with E-state index in [-0.39, 0.29) is 46.2 Å². The Morgan fingerprint density at radius 2 is 0.914 bits per heavy atom. The number of ether oxygens (including phenoxy) is 2. The monoisotopic (exact) mass is 494 g/mol. The van der Waals surface area contributed by atoms with Crippen LogP contribution in [-0.4, -0.2) is 46.3 Å². The summed E-state index contributed by atoms with van der Waals surface area (Å²) in [6.07, 6.45) is 3.24. The lowest BCUT2D eigenvalue weighted by molar-refractivity contribution is -0.186. The number of hydrogen-bond donors (Lipinski definition) is 2. The molecule has 2 aliphatic rings. The Bertz CT molecular complexity index is 671. The number of piperidine rings is 2. The van der Waals surface area contributed by atoms with E-state index in [1.807, 2.05) is 0 Å². The highest BCUT2D eigenvalue weighted by Crippen LogP contribution is 2.41. The molecule has 0 radical (unpaired) electrons. The predicted octanol–water partition coefficient (Wildman–Crippen LogP) is 5.77. The lowest BCUT2D eigenvalue weighted by Crippen LogP contribution is -2.61. The van der Waals surface area contributed by atoms with Crippen molar-refractivity contribution in [2.75, 3.05) is 0 Å². The number of rotatable bonds is 8. The lowest BCUT2D eigenvalue weighted by Gasteiger charge is -2.47. The summed E-state index contributed by atoms with van der Waals surface area (Å²) in [5.74, 6) is -0.516. The standard InChI is InChI=1S/C29H54N2O4/c1-19(2)13-29(14-20(3)4,23(32)34-21-15-25(5,6)30-26(7,8)16-21)24(33)35-22-17-27(9,10)31-28(11,12)18-22/h19-22,30-31H,13-18H2,1-12H3. The van der Waals surface area contributed by atoms with E-state index in [1.165, 1.54) is 0 Å². The van der Waals surface area contributed by atoms with Gasteiger partial charge in [0.1, 0.15) is 12.2 Å². The minimum Gasteiger partial charge on any atom is -0.461 e. The van der Waals surface area contributed by atoms with E-state index in [1.54, 1.807) is 0 Å². The van der Waals surface area contributed by atoms with E-state index < -0.39 is 17.4 Å². The Kier molecular flexibility index (Phi) is 8.87. The molecule has 2 rings (SSSR count). The molecule has 0 bridgehead atoms. The van der Waals surface area contributed by atoms with Gasteiger partial charge in [0.05, 0.1) is 0 Å². The minimum absolute atomic E-state index is 0.149. The fourth-order valence-corrected chi connectivity index (χ4v) is 7.05. The van der Waals surface area contributed by atoms with Crippen LogP contribution in [0, 0.1) is 17.3 Å². The zero-order chi connectivity index (χ0) is 27.0. The molecule has 6 nitrogen and oxygen atoms in total. The van der Waals surface area contributed by atoms with Crippen LogP contribution >= 0.6 is 0 Å². The van der Waals surface area contributed by atoms with Gasteiger partial charge < -0.3 is 20.1 Å². The van der Waals surface area contributed by atoms with Crippen molar-refractivity contribution in [2.24, 2.45) is 17.3 Å². The number of esters is 2. The Balaban J connectivity index is 2.36. The molecule has 0 aliphatic carbocycles. The summed E-state index contributed by atoms with van der Waals surface area (Å²) in [6.45, 7) is 25.3. The smallest absolute Gasteiger partial charge is 0.323 e. The second-order valence-corrected chi connectivity index (χ2v) is 14.9. The Morgan fingerprint density at radius 3 is 1.14 bits per heavy atom. The van der Waals surface area contributed by atoms with Gasteiger partial charge in [-0.25, -0.2) is 0 Å². The summed E-state index contributed by atoms with van der Waals surface area (Å²) >= 11 is 0. The lowest BCUT2D eigenvalue weighted by atomic mass is 9.73. The third-order valence-corrected chi connectivity index (χ3v) is 7.15. The molecule has 2 N–H and O–H groups in total. The number of hydrogen-bond acceptors (Lipinski definition) is 6. The number of nitrogens with one attached hydrogen (secondary N) is 2. The minimum atomic E-state index is -1.29. The Hall–Kier alpha value is -1.14. The molecule has 204 valence electrons. The molecule has 6 heteroatoms. The molecule has 2 saturated heterocycles. The molecule has 2 fully saturated rings. The SMILES string of the molecule is CC(C)CC(CC(C)C)(C(=O)OC1CC(C)(C)NC(C)(C)C1)C(=O)OC1CC(C)(C)NC(C)(C)C1. The van der Waals surface area contributed by atoms with Crippen molar-refractivity contribution >= 4 is 11.9 Å². The summed E-state index contributed by atoms with van der Waals surface area (Å²) in [5.41, 5.74) is -1.91. The number of carbonyl (C=O) groups excluding carboxylic acids is 2. The molecule has 0 unspecified atom stereocenters.